The van der Waals surface area contributed by atoms with Crippen molar-refractivity contribution in [1.29, 1.82) is 0 Å². The molecule has 0 radical (unpaired) electrons. The Morgan fingerprint density at radius 2 is 1.61 bits per heavy atom. The number of carbonyl (C=O) groups excluding carboxylic acids is 1. The molecule has 0 unspecified atom stereocenters. The van der Waals surface area contributed by atoms with Gasteiger partial charge in [0.25, 0.3) is 5.91 Å². The second kappa shape index (κ2) is 7.59. The maximum absolute atomic E-state index is 12.5. The molecule has 0 atom stereocenters. The highest BCUT2D eigenvalue weighted by molar-refractivity contribution is 9.10. The number of hydrogen-bond acceptors (Lipinski definition) is 3. The Balaban J connectivity index is 1.66. The molecule has 0 spiro atoms. The molecule has 5 heteroatoms. The molecular weight excluding hydrogens is 354 g/mol. The second-order valence-electron chi connectivity index (χ2n) is 5.77. The first kappa shape index (κ1) is 16.0. The van der Waals surface area contributed by atoms with Gasteiger partial charge in [0.05, 0.1) is 11.9 Å². The summed E-state index contributed by atoms with van der Waals surface area (Å²) in [5.74, 6) is 0.0436. The van der Waals surface area contributed by atoms with E-state index in [2.05, 4.69) is 26.2 Å². The minimum absolute atomic E-state index is 0.0436. The summed E-state index contributed by atoms with van der Waals surface area (Å²) in [6, 6.07) is 11.6. The number of aromatic nitrogens is 1. The average Bonchev–Trinajstić information content (AvgIpc) is 2.86. The Kier molecular flexibility index (Phi) is 5.28. The van der Waals surface area contributed by atoms with Crippen molar-refractivity contribution in [3.05, 3.63) is 52.8 Å². The van der Waals surface area contributed by atoms with Crippen LogP contribution in [-0.4, -0.2) is 28.9 Å². The van der Waals surface area contributed by atoms with Gasteiger partial charge in [-0.25, -0.2) is 4.98 Å². The predicted molar refractivity (Wildman–Crippen MR) is 96.0 cm³/mol. The second-order valence-corrected chi connectivity index (χ2v) is 6.69. The molecule has 120 valence electrons. The lowest BCUT2D eigenvalue weighted by Crippen LogP contribution is -2.32. The number of nitrogens with zero attached hydrogens (tertiary/aromatic N) is 2. The molecule has 1 aliphatic heterocycles. The van der Waals surface area contributed by atoms with Crippen molar-refractivity contribution in [2.24, 2.45) is 0 Å². The van der Waals surface area contributed by atoms with Gasteiger partial charge in [-0.15, -0.1) is 0 Å². The van der Waals surface area contributed by atoms with Crippen LogP contribution in [0.1, 0.15) is 36.2 Å². The van der Waals surface area contributed by atoms with Gasteiger partial charge in [-0.05, 0) is 49.2 Å². The summed E-state index contributed by atoms with van der Waals surface area (Å²) >= 11 is 3.42. The summed E-state index contributed by atoms with van der Waals surface area (Å²) in [5, 5.41) is 3.28. The van der Waals surface area contributed by atoms with Crippen molar-refractivity contribution in [2.75, 3.05) is 18.4 Å². The quantitative estimate of drug-likeness (QED) is 0.854. The van der Waals surface area contributed by atoms with Gasteiger partial charge in [0.15, 0.2) is 0 Å². The van der Waals surface area contributed by atoms with Gasteiger partial charge in [-0.1, -0.05) is 28.8 Å². The van der Waals surface area contributed by atoms with E-state index in [1.165, 1.54) is 12.8 Å². The Morgan fingerprint density at radius 1 is 0.957 bits per heavy atom. The van der Waals surface area contributed by atoms with E-state index in [1.807, 2.05) is 35.2 Å². The van der Waals surface area contributed by atoms with Crippen LogP contribution in [0.5, 0.6) is 0 Å². The fraction of sp³-hybridized carbons (Fsp3) is 0.333. The zero-order valence-corrected chi connectivity index (χ0v) is 14.6. The SMILES string of the molecule is O=C(c1ccc(Nc2ccc(Br)cc2)cn1)N1CCCCCC1. The number of carbonyl (C=O) groups is 1. The van der Waals surface area contributed by atoms with Crippen molar-refractivity contribution in [3.63, 3.8) is 0 Å². The standard InChI is InChI=1S/C18H20BrN3O/c19-14-5-7-15(8-6-14)21-16-9-10-17(20-13-16)18(23)22-11-3-1-2-4-12-22/h5-10,13,21H,1-4,11-12H2. The molecule has 2 heterocycles. The minimum Gasteiger partial charge on any atom is -0.354 e. The lowest BCUT2D eigenvalue weighted by molar-refractivity contribution is 0.0756. The van der Waals surface area contributed by atoms with Gasteiger partial charge in [-0.2, -0.15) is 0 Å². The predicted octanol–water partition coefficient (Wildman–Crippen LogP) is 4.60. The Morgan fingerprint density at radius 3 is 2.22 bits per heavy atom. The zero-order valence-electron chi connectivity index (χ0n) is 13.0. The summed E-state index contributed by atoms with van der Waals surface area (Å²) in [6.07, 6.45) is 6.33. The largest absolute Gasteiger partial charge is 0.354 e. The van der Waals surface area contributed by atoms with Gasteiger partial charge in [0, 0.05) is 23.2 Å². The first-order chi connectivity index (χ1) is 11.2. The lowest BCUT2D eigenvalue weighted by atomic mass is 10.2. The number of likely N-dealkylation sites (tertiary alicyclic amines) is 1. The number of hydrogen-bond donors (Lipinski definition) is 1. The highest BCUT2D eigenvalue weighted by Gasteiger charge is 2.18. The summed E-state index contributed by atoms with van der Waals surface area (Å²) < 4.78 is 1.04. The van der Waals surface area contributed by atoms with E-state index in [-0.39, 0.29) is 5.91 Å². The van der Waals surface area contributed by atoms with Crippen LogP contribution >= 0.6 is 15.9 Å². The molecule has 1 fully saturated rings. The van der Waals surface area contributed by atoms with Gasteiger partial charge < -0.3 is 10.2 Å². The molecule has 1 amide bonds. The molecule has 1 aliphatic rings. The normalized spacial score (nSPS) is 15.1. The van der Waals surface area contributed by atoms with Crippen molar-refractivity contribution >= 4 is 33.2 Å². The fourth-order valence-electron chi connectivity index (χ4n) is 2.73. The molecule has 0 saturated carbocycles. The lowest BCUT2D eigenvalue weighted by Gasteiger charge is -2.19. The van der Waals surface area contributed by atoms with E-state index in [9.17, 15) is 4.79 Å². The van der Waals surface area contributed by atoms with Crippen LogP contribution < -0.4 is 5.32 Å². The van der Waals surface area contributed by atoms with E-state index in [1.54, 1.807) is 12.3 Å². The molecule has 1 aromatic heterocycles. The number of rotatable bonds is 3. The van der Waals surface area contributed by atoms with Crippen LogP contribution in [0.3, 0.4) is 0 Å². The van der Waals surface area contributed by atoms with Crippen molar-refractivity contribution in [3.8, 4) is 0 Å². The summed E-state index contributed by atoms with van der Waals surface area (Å²) in [4.78, 5) is 18.8. The number of amides is 1. The number of halogens is 1. The fourth-order valence-corrected chi connectivity index (χ4v) is 2.99. The molecule has 4 nitrogen and oxygen atoms in total. The Labute approximate surface area is 145 Å². The maximum Gasteiger partial charge on any atom is 0.272 e. The molecule has 1 N–H and O–H groups in total. The van der Waals surface area contributed by atoms with Gasteiger partial charge in [-0.3, -0.25) is 4.79 Å². The van der Waals surface area contributed by atoms with Crippen LogP contribution in [0, 0.1) is 0 Å². The average molecular weight is 374 g/mol. The van der Waals surface area contributed by atoms with Crippen LogP contribution in [0.4, 0.5) is 11.4 Å². The molecule has 23 heavy (non-hydrogen) atoms. The maximum atomic E-state index is 12.5. The van der Waals surface area contributed by atoms with E-state index in [0.29, 0.717) is 5.69 Å². The van der Waals surface area contributed by atoms with Crippen LogP contribution in [-0.2, 0) is 0 Å². The van der Waals surface area contributed by atoms with E-state index in [0.717, 1.165) is 41.8 Å². The Hall–Kier alpha value is -1.88. The number of anilines is 2. The molecule has 3 rings (SSSR count). The van der Waals surface area contributed by atoms with Gasteiger partial charge >= 0.3 is 0 Å². The third-order valence-corrected chi connectivity index (χ3v) is 4.54. The highest BCUT2D eigenvalue weighted by atomic mass is 79.9. The number of benzene rings is 1. The van der Waals surface area contributed by atoms with E-state index in [4.69, 9.17) is 0 Å². The monoisotopic (exact) mass is 373 g/mol. The Bertz CT molecular complexity index is 647. The first-order valence-electron chi connectivity index (χ1n) is 8.00. The van der Waals surface area contributed by atoms with Crippen LogP contribution in [0.25, 0.3) is 0 Å². The molecule has 1 saturated heterocycles. The van der Waals surface area contributed by atoms with Crippen molar-refractivity contribution < 1.29 is 4.79 Å². The minimum atomic E-state index is 0.0436. The zero-order chi connectivity index (χ0) is 16.1. The summed E-state index contributed by atoms with van der Waals surface area (Å²) in [6.45, 7) is 1.69. The smallest absolute Gasteiger partial charge is 0.272 e. The third kappa shape index (κ3) is 4.32. The number of pyridine rings is 1. The van der Waals surface area contributed by atoms with Crippen LogP contribution in [0.15, 0.2) is 47.1 Å². The highest BCUT2D eigenvalue weighted by Crippen LogP contribution is 2.19. The van der Waals surface area contributed by atoms with Crippen molar-refractivity contribution in [1.82, 2.24) is 9.88 Å². The van der Waals surface area contributed by atoms with Gasteiger partial charge in [0.1, 0.15) is 5.69 Å². The molecule has 0 aliphatic carbocycles. The van der Waals surface area contributed by atoms with Crippen molar-refractivity contribution in [2.45, 2.75) is 25.7 Å². The third-order valence-electron chi connectivity index (χ3n) is 4.01. The molecule has 0 bridgehead atoms. The van der Waals surface area contributed by atoms with E-state index >= 15 is 0 Å². The topological polar surface area (TPSA) is 45.2 Å². The molecule has 2 aromatic rings. The molecule has 1 aromatic carbocycles. The molecular formula is C18H20BrN3O. The summed E-state index contributed by atoms with van der Waals surface area (Å²) in [5.41, 5.74) is 2.38. The summed E-state index contributed by atoms with van der Waals surface area (Å²) in [7, 11) is 0. The van der Waals surface area contributed by atoms with Crippen LogP contribution in [0.2, 0.25) is 0 Å². The van der Waals surface area contributed by atoms with Gasteiger partial charge in [0.2, 0.25) is 0 Å². The van der Waals surface area contributed by atoms with E-state index < -0.39 is 0 Å². The number of nitrogens with one attached hydrogen (secondary N) is 1. The first-order valence-corrected chi connectivity index (χ1v) is 8.79.